The van der Waals surface area contributed by atoms with E-state index in [2.05, 4.69) is 9.29 Å². The fourth-order valence-corrected chi connectivity index (χ4v) is 3.84. The zero-order valence-corrected chi connectivity index (χ0v) is 13.2. The Labute approximate surface area is 130 Å². The molecule has 0 amide bonds. The Kier molecular flexibility index (Phi) is 4.00. The van der Waals surface area contributed by atoms with E-state index >= 15 is 0 Å². The van der Waals surface area contributed by atoms with Crippen LogP contribution in [0.2, 0.25) is 0 Å². The number of hydrogen-bond donors (Lipinski definition) is 1. The lowest BCUT2D eigenvalue weighted by atomic mass is 10.2. The van der Waals surface area contributed by atoms with Crippen molar-refractivity contribution in [3.63, 3.8) is 0 Å². The van der Waals surface area contributed by atoms with Crippen molar-refractivity contribution in [1.29, 1.82) is 0 Å². The summed E-state index contributed by atoms with van der Waals surface area (Å²) in [5.74, 6) is 0. The molecule has 114 valence electrons. The molecule has 0 aliphatic rings. The number of nitrogens with zero attached hydrogens (tertiary/aromatic N) is 1. The Morgan fingerprint density at radius 3 is 2.55 bits per heavy atom. The van der Waals surface area contributed by atoms with Crippen molar-refractivity contribution >= 4 is 20.9 Å². The molecule has 0 bridgehead atoms. The van der Waals surface area contributed by atoms with Gasteiger partial charge in [0.1, 0.15) is 0 Å². The fraction of sp³-hybridized carbons (Fsp3) is 0.176. The van der Waals surface area contributed by atoms with Gasteiger partial charge < -0.3 is 4.57 Å². The predicted molar refractivity (Wildman–Crippen MR) is 88.3 cm³/mol. The summed E-state index contributed by atoms with van der Waals surface area (Å²) >= 11 is 0. The first kappa shape index (κ1) is 14.8. The minimum absolute atomic E-state index is 0.340. The first-order chi connectivity index (χ1) is 10.6. The van der Waals surface area contributed by atoms with Crippen LogP contribution >= 0.6 is 0 Å². The number of sulfonamides is 1. The van der Waals surface area contributed by atoms with Gasteiger partial charge in [-0.15, -0.1) is 0 Å². The molecule has 0 atom stereocenters. The molecule has 0 fully saturated rings. The molecule has 22 heavy (non-hydrogen) atoms. The van der Waals surface area contributed by atoms with E-state index in [1.807, 2.05) is 42.6 Å². The normalized spacial score (nSPS) is 11.9. The lowest BCUT2D eigenvalue weighted by Crippen LogP contribution is -2.27. The van der Waals surface area contributed by atoms with Crippen LogP contribution in [0.25, 0.3) is 10.9 Å². The number of rotatable bonds is 5. The van der Waals surface area contributed by atoms with E-state index in [0.717, 1.165) is 16.5 Å². The van der Waals surface area contributed by atoms with E-state index in [1.54, 1.807) is 25.1 Å². The van der Waals surface area contributed by atoms with Crippen molar-refractivity contribution in [2.24, 2.45) is 0 Å². The predicted octanol–water partition coefficient (Wildman–Crippen LogP) is 2.93. The second-order valence-corrected chi connectivity index (χ2v) is 6.97. The summed E-state index contributed by atoms with van der Waals surface area (Å²) in [6.45, 7) is 2.75. The van der Waals surface area contributed by atoms with Crippen LogP contribution in [0, 0.1) is 6.92 Å². The van der Waals surface area contributed by atoms with E-state index in [1.165, 1.54) is 0 Å². The second-order valence-electron chi connectivity index (χ2n) is 5.23. The van der Waals surface area contributed by atoms with Gasteiger partial charge in [0.25, 0.3) is 0 Å². The van der Waals surface area contributed by atoms with E-state index < -0.39 is 10.0 Å². The summed E-state index contributed by atoms with van der Waals surface area (Å²) in [6, 6.07) is 17.1. The summed E-state index contributed by atoms with van der Waals surface area (Å²) in [7, 11) is -3.46. The summed E-state index contributed by atoms with van der Waals surface area (Å²) in [5, 5.41) is 1.16. The molecule has 3 aromatic rings. The highest BCUT2D eigenvalue weighted by molar-refractivity contribution is 7.89. The maximum absolute atomic E-state index is 12.3. The van der Waals surface area contributed by atoms with Crippen molar-refractivity contribution in [2.75, 3.05) is 6.54 Å². The molecule has 2 aromatic carbocycles. The van der Waals surface area contributed by atoms with E-state index in [0.29, 0.717) is 18.0 Å². The molecule has 3 rings (SSSR count). The van der Waals surface area contributed by atoms with E-state index in [9.17, 15) is 8.42 Å². The summed E-state index contributed by atoms with van der Waals surface area (Å²) in [5.41, 5.74) is 1.86. The number of aromatic nitrogens is 1. The van der Waals surface area contributed by atoms with Crippen LogP contribution in [0.4, 0.5) is 0 Å². The van der Waals surface area contributed by atoms with Crippen molar-refractivity contribution < 1.29 is 8.42 Å². The van der Waals surface area contributed by atoms with Crippen LogP contribution in [-0.4, -0.2) is 19.5 Å². The van der Waals surface area contributed by atoms with Crippen LogP contribution in [0.5, 0.6) is 0 Å². The average Bonchev–Trinajstić information content (AvgIpc) is 2.91. The Balaban J connectivity index is 1.72. The lowest BCUT2D eigenvalue weighted by molar-refractivity contribution is 0.574. The van der Waals surface area contributed by atoms with Gasteiger partial charge in [-0.05, 0) is 36.1 Å². The lowest BCUT2D eigenvalue weighted by Gasteiger charge is -2.10. The number of fused-ring (bicyclic) bond motifs is 1. The van der Waals surface area contributed by atoms with Crippen LogP contribution in [0.15, 0.2) is 65.7 Å². The standard InChI is InChI=1S/C17H18N2O2S/c1-14-6-2-5-9-17(14)22(20,21)18-11-13-19-12-10-15-7-3-4-8-16(15)19/h2-10,12,18H,11,13H2,1H3. The van der Waals surface area contributed by atoms with Crippen LogP contribution in [0.1, 0.15) is 5.56 Å². The van der Waals surface area contributed by atoms with E-state index in [-0.39, 0.29) is 0 Å². The minimum atomic E-state index is -3.46. The summed E-state index contributed by atoms with van der Waals surface area (Å²) < 4.78 is 29.4. The number of para-hydroxylation sites is 1. The zero-order chi connectivity index (χ0) is 15.6. The van der Waals surface area contributed by atoms with E-state index in [4.69, 9.17) is 0 Å². The monoisotopic (exact) mass is 314 g/mol. The van der Waals surface area contributed by atoms with Gasteiger partial charge in [-0.3, -0.25) is 0 Å². The zero-order valence-electron chi connectivity index (χ0n) is 12.4. The van der Waals surface area contributed by atoms with Crippen LogP contribution in [-0.2, 0) is 16.6 Å². The highest BCUT2D eigenvalue weighted by atomic mass is 32.2. The SMILES string of the molecule is Cc1ccccc1S(=O)(=O)NCCn1ccc2ccccc21. The molecule has 0 saturated carbocycles. The van der Waals surface area contributed by atoms with Crippen molar-refractivity contribution in [3.8, 4) is 0 Å². The molecule has 0 saturated heterocycles. The first-order valence-electron chi connectivity index (χ1n) is 7.17. The quantitative estimate of drug-likeness (QED) is 0.787. The highest BCUT2D eigenvalue weighted by Crippen LogP contribution is 2.16. The maximum Gasteiger partial charge on any atom is 0.240 e. The molecule has 0 spiro atoms. The van der Waals surface area contributed by atoms with Gasteiger partial charge in [-0.1, -0.05) is 36.4 Å². The number of benzene rings is 2. The Morgan fingerprint density at radius 2 is 1.73 bits per heavy atom. The molecule has 0 aliphatic carbocycles. The van der Waals surface area contributed by atoms with Crippen LogP contribution < -0.4 is 4.72 Å². The molecule has 0 aliphatic heterocycles. The molecule has 1 aromatic heterocycles. The van der Waals surface area contributed by atoms with Gasteiger partial charge in [0.05, 0.1) is 4.90 Å². The largest absolute Gasteiger partial charge is 0.346 e. The third-order valence-electron chi connectivity index (χ3n) is 3.71. The second kappa shape index (κ2) is 5.94. The number of hydrogen-bond acceptors (Lipinski definition) is 2. The third-order valence-corrected chi connectivity index (χ3v) is 5.33. The molecule has 1 N–H and O–H groups in total. The van der Waals surface area contributed by atoms with Crippen molar-refractivity contribution in [3.05, 3.63) is 66.4 Å². The highest BCUT2D eigenvalue weighted by Gasteiger charge is 2.15. The molecular weight excluding hydrogens is 296 g/mol. The topological polar surface area (TPSA) is 51.1 Å². The van der Waals surface area contributed by atoms with Gasteiger partial charge in [0.2, 0.25) is 10.0 Å². The Bertz CT molecular complexity index is 898. The average molecular weight is 314 g/mol. The van der Waals surface area contributed by atoms with Crippen molar-refractivity contribution in [1.82, 2.24) is 9.29 Å². The first-order valence-corrected chi connectivity index (χ1v) is 8.65. The van der Waals surface area contributed by atoms with Gasteiger partial charge in [-0.25, -0.2) is 13.1 Å². The molecule has 1 heterocycles. The third kappa shape index (κ3) is 2.91. The molecule has 4 nitrogen and oxygen atoms in total. The molecule has 5 heteroatoms. The summed E-state index contributed by atoms with van der Waals surface area (Å²) in [6.07, 6.45) is 1.98. The van der Waals surface area contributed by atoms with Crippen molar-refractivity contribution in [2.45, 2.75) is 18.4 Å². The molecular formula is C17H18N2O2S. The number of nitrogens with one attached hydrogen (secondary N) is 1. The van der Waals surface area contributed by atoms with Gasteiger partial charge in [0, 0.05) is 24.8 Å². The molecule has 0 unspecified atom stereocenters. The van der Waals surface area contributed by atoms with Gasteiger partial charge in [-0.2, -0.15) is 0 Å². The Morgan fingerprint density at radius 1 is 1.00 bits per heavy atom. The van der Waals surface area contributed by atoms with Crippen LogP contribution in [0.3, 0.4) is 0 Å². The Hall–Kier alpha value is -2.11. The fourth-order valence-electron chi connectivity index (χ4n) is 2.57. The maximum atomic E-state index is 12.3. The number of aryl methyl sites for hydroxylation is 1. The van der Waals surface area contributed by atoms with Gasteiger partial charge in [0.15, 0.2) is 0 Å². The minimum Gasteiger partial charge on any atom is -0.346 e. The summed E-state index contributed by atoms with van der Waals surface area (Å²) in [4.78, 5) is 0.340. The smallest absolute Gasteiger partial charge is 0.240 e. The molecule has 0 radical (unpaired) electrons. The van der Waals surface area contributed by atoms with Gasteiger partial charge >= 0.3 is 0 Å².